The maximum atomic E-state index is 12.8. The highest BCUT2D eigenvalue weighted by molar-refractivity contribution is 7.89. The number of rotatable bonds is 7. The summed E-state index contributed by atoms with van der Waals surface area (Å²) in [5, 5.41) is 3.09. The van der Waals surface area contributed by atoms with E-state index in [9.17, 15) is 13.2 Å². The molecule has 30 heavy (non-hydrogen) atoms. The lowest BCUT2D eigenvalue weighted by Crippen LogP contribution is -2.47. The minimum atomic E-state index is -3.63. The summed E-state index contributed by atoms with van der Waals surface area (Å²) in [5.41, 5.74) is 1.63. The predicted molar refractivity (Wildman–Crippen MR) is 119 cm³/mol. The Morgan fingerprint density at radius 2 is 1.90 bits per heavy atom. The Hall–Kier alpha value is -2.22. The molecule has 6 nitrogen and oxygen atoms in total. The van der Waals surface area contributed by atoms with Gasteiger partial charge in [-0.25, -0.2) is 8.42 Å². The zero-order valence-corrected chi connectivity index (χ0v) is 18.7. The molecule has 1 aliphatic heterocycles. The molecule has 1 fully saturated rings. The Labute approximate surface area is 179 Å². The van der Waals surface area contributed by atoms with Gasteiger partial charge in [-0.2, -0.15) is 4.31 Å². The number of nitrogens with zero attached hydrogens (tertiary/aromatic N) is 2. The largest absolute Gasteiger partial charge is 0.348 e. The summed E-state index contributed by atoms with van der Waals surface area (Å²) in [7, 11) is -2.07. The zero-order valence-electron chi connectivity index (χ0n) is 17.9. The van der Waals surface area contributed by atoms with Crippen molar-refractivity contribution in [1.82, 2.24) is 14.5 Å². The first-order valence-corrected chi connectivity index (χ1v) is 11.9. The van der Waals surface area contributed by atoms with Gasteiger partial charge in [0.2, 0.25) is 10.0 Å². The van der Waals surface area contributed by atoms with Gasteiger partial charge >= 0.3 is 0 Å². The van der Waals surface area contributed by atoms with Gasteiger partial charge < -0.3 is 5.32 Å². The first-order valence-electron chi connectivity index (χ1n) is 10.4. The molecule has 1 saturated heterocycles. The molecule has 0 bridgehead atoms. The van der Waals surface area contributed by atoms with E-state index in [1.54, 1.807) is 19.2 Å². The Kier molecular flexibility index (Phi) is 7.28. The van der Waals surface area contributed by atoms with Crippen LogP contribution in [0.15, 0.2) is 59.5 Å². The number of hydrogen-bond donors (Lipinski definition) is 1. The molecule has 7 heteroatoms. The summed E-state index contributed by atoms with van der Waals surface area (Å²) >= 11 is 0. The van der Waals surface area contributed by atoms with E-state index in [4.69, 9.17) is 0 Å². The van der Waals surface area contributed by atoms with Gasteiger partial charge in [0.15, 0.2) is 0 Å². The van der Waals surface area contributed by atoms with Gasteiger partial charge in [0.25, 0.3) is 5.91 Å². The molecule has 0 aromatic heterocycles. The fraction of sp³-hybridized carbons (Fsp3) is 0.435. The first kappa shape index (κ1) is 22.5. The maximum Gasteiger partial charge on any atom is 0.251 e. The highest BCUT2D eigenvalue weighted by atomic mass is 32.2. The molecule has 2 aromatic carbocycles. The lowest BCUT2D eigenvalue weighted by atomic mass is 10.0. The summed E-state index contributed by atoms with van der Waals surface area (Å²) in [6.07, 6.45) is 1.94. The molecule has 3 rings (SSSR count). The summed E-state index contributed by atoms with van der Waals surface area (Å²) in [6, 6.07) is 16.5. The number of amides is 1. The van der Waals surface area contributed by atoms with Crippen molar-refractivity contribution in [3.05, 3.63) is 65.7 Å². The number of likely N-dealkylation sites (tertiary alicyclic amines) is 1. The third-order valence-electron chi connectivity index (χ3n) is 5.59. The molecular weight excluding hydrogens is 398 g/mol. The van der Waals surface area contributed by atoms with Crippen molar-refractivity contribution in [3.8, 4) is 0 Å². The molecule has 1 aliphatic rings. The molecular formula is C23H31N3O3S. The van der Waals surface area contributed by atoms with E-state index in [-0.39, 0.29) is 22.9 Å². The van der Waals surface area contributed by atoms with Crippen LogP contribution in [0.1, 0.15) is 42.6 Å². The number of benzene rings is 2. The van der Waals surface area contributed by atoms with Crippen LogP contribution >= 0.6 is 0 Å². The Morgan fingerprint density at radius 1 is 1.17 bits per heavy atom. The third-order valence-corrected chi connectivity index (χ3v) is 7.62. The smallest absolute Gasteiger partial charge is 0.251 e. The van der Waals surface area contributed by atoms with E-state index < -0.39 is 10.0 Å². The van der Waals surface area contributed by atoms with Gasteiger partial charge in [-0.3, -0.25) is 9.69 Å². The average Bonchev–Trinajstić information content (AvgIpc) is 2.74. The van der Waals surface area contributed by atoms with Gasteiger partial charge in [0.1, 0.15) is 0 Å². The van der Waals surface area contributed by atoms with Crippen LogP contribution in [0.4, 0.5) is 0 Å². The number of piperidine rings is 1. The number of hydrogen-bond acceptors (Lipinski definition) is 4. The topological polar surface area (TPSA) is 69.7 Å². The fourth-order valence-corrected chi connectivity index (χ4v) is 5.08. The van der Waals surface area contributed by atoms with Crippen molar-refractivity contribution in [2.75, 3.05) is 20.1 Å². The van der Waals surface area contributed by atoms with Crippen molar-refractivity contribution in [3.63, 3.8) is 0 Å². The van der Waals surface area contributed by atoms with Crippen LogP contribution in [-0.4, -0.2) is 55.8 Å². The van der Waals surface area contributed by atoms with Gasteiger partial charge in [-0.15, -0.1) is 0 Å². The molecule has 1 amide bonds. The molecule has 1 atom stereocenters. The predicted octanol–water partition coefficient (Wildman–Crippen LogP) is 3.11. The SMILES string of the molecule is CC(C)N(C)S(=O)(=O)c1cccc(C(=O)NC2CCCN(Cc3ccccc3)C2)c1. The van der Waals surface area contributed by atoms with Gasteiger partial charge in [-0.05, 0) is 57.0 Å². The van der Waals surface area contributed by atoms with Gasteiger partial charge in [0.05, 0.1) is 4.90 Å². The third kappa shape index (κ3) is 5.47. The minimum absolute atomic E-state index is 0.0496. The molecule has 0 spiro atoms. The first-order chi connectivity index (χ1) is 14.3. The van der Waals surface area contributed by atoms with Crippen LogP contribution in [0.5, 0.6) is 0 Å². The highest BCUT2D eigenvalue weighted by Crippen LogP contribution is 2.19. The van der Waals surface area contributed by atoms with E-state index >= 15 is 0 Å². The van der Waals surface area contributed by atoms with Crippen molar-refractivity contribution in [2.24, 2.45) is 0 Å². The fourth-order valence-electron chi connectivity index (χ4n) is 3.67. The van der Waals surface area contributed by atoms with Crippen molar-refractivity contribution < 1.29 is 13.2 Å². The van der Waals surface area contributed by atoms with Crippen LogP contribution < -0.4 is 5.32 Å². The Bertz CT molecular complexity index is 961. The van der Waals surface area contributed by atoms with E-state index in [0.29, 0.717) is 5.56 Å². The van der Waals surface area contributed by atoms with Crippen LogP contribution in [0, 0.1) is 0 Å². The molecule has 0 radical (unpaired) electrons. The van der Waals surface area contributed by atoms with Gasteiger partial charge in [0, 0.05) is 37.8 Å². The quantitative estimate of drug-likeness (QED) is 0.734. The summed E-state index contributed by atoms with van der Waals surface area (Å²) in [6.45, 7) is 6.30. The maximum absolute atomic E-state index is 12.8. The standard InChI is InChI=1S/C23H31N3O3S/c1-18(2)25(3)30(28,29)22-13-7-11-20(15-22)23(27)24-21-12-8-14-26(17-21)16-19-9-5-4-6-10-19/h4-7,9-11,13,15,18,21H,8,12,14,16-17H2,1-3H3,(H,24,27). The number of sulfonamides is 1. The second kappa shape index (κ2) is 9.73. The summed E-state index contributed by atoms with van der Waals surface area (Å²) < 4.78 is 26.8. The van der Waals surface area contributed by atoms with E-state index in [1.807, 2.05) is 32.0 Å². The molecule has 2 aromatic rings. The molecule has 1 N–H and O–H groups in total. The average molecular weight is 430 g/mol. The molecule has 0 aliphatic carbocycles. The summed E-state index contributed by atoms with van der Waals surface area (Å²) in [4.78, 5) is 15.3. The van der Waals surface area contributed by atoms with Crippen LogP contribution in [0.2, 0.25) is 0 Å². The lowest BCUT2D eigenvalue weighted by molar-refractivity contribution is 0.0900. The molecule has 0 saturated carbocycles. The Morgan fingerprint density at radius 3 is 2.60 bits per heavy atom. The van der Waals surface area contributed by atoms with Crippen molar-refractivity contribution in [1.29, 1.82) is 0 Å². The molecule has 1 unspecified atom stereocenters. The minimum Gasteiger partial charge on any atom is -0.348 e. The highest BCUT2D eigenvalue weighted by Gasteiger charge is 2.25. The second-order valence-electron chi connectivity index (χ2n) is 8.18. The second-order valence-corrected chi connectivity index (χ2v) is 10.2. The normalized spacial score (nSPS) is 18.0. The number of nitrogens with one attached hydrogen (secondary N) is 1. The number of carbonyl (C=O) groups is 1. The molecule has 1 heterocycles. The van der Waals surface area contributed by atoms with Crippen molar-refractivity contribution in [2.45, 2.75) is 50.2 Å². The monoisotopic (exact) mass is 429 g/mol. The van der Waals surface area contributed by atoms with Crippen LogP contribution in [-0.2, 0) is 16.6 Å². The summed E-state index contributed by atoms with van der Waals surface area (Å²) in [5.74, 6) is -0.231. The van der Waals surface area contributed by atoms with Crippen molar-refractivity contribution >= 4 is 15.9 Å². The zero-order chi connectivity index (χ0) is 21.7. The van der Waals surface area contributed by atoms with E-state index in [1.165, 1.54) is 22.0 Å². The van der Waals surface area contributed by atoms with Gasteiger partial charge in [-0.1, -0.05) is 36.4 Å². The molecule has 162 valence electrons. The lowest BCUT2D eigenvalue weighted by Gasteiger charge is -2.33. The van der Waals surface area contributed by atoms with E-state index in [0.717, 1.165) is 32.5 Å². The number of carbonyl (C=O) groups excluding carboxylic acids is 1. The van der Waals surface area contributed by atoms with Crippen LogP contribution in [0.3, 0.4) is 0 Å². The van der Waals surface area contributed by atoms with Crippen LogP contribution in [0.25, 0.3) is 0 Å². The Balaban J connectivity index is 1.66. The van der Waals surface area contributed by atoms with E-state index in [2.05, 4.69) is 22.3 Å².